The van der Waals surface area contributed by atoms with E-state index in [2.05, 4.69) is 0 Å². The number of hydrogen-bond acceptors (Lipinski definition) is 2. The van der Waals surface area contributed by atoms with Gasteiger partial charge < -0.3 is 4.74 Å². The molecule has 0 saturated carbocycles. The standard InChI is InChI=1S/C15H12F2O2/c1-2-15(18)19-12-6-3-10(4-7-12)13-8-5-11(16)9-14(13)17/h3-9H,2H2,1H3. The van der Waals surface area contributed by atoms with Crippen molar-refractivity contribution in [2.24, 2.45) is 0 Å². The van der Waals surface area contributed by atoms with Crippen LogP contribution < -0.4 is 4.74 Å². The topological polar surface area (TPSA) is 26.3 Å². The van der Waals surface area contributed by atoms with Crippen LogP contribution in [0.5, 0.6) is 5.75 Å². The molecule has 19 heavy (non-hydrogen) atoms. The van der Waals surface area contributed by atoms with Crippen LogP contribution in [0.25, 0.3) is 11.1 Å². The highest BCUT2D eigenvalue weighted by Gasteiger charge is 2.07. The summed E-state index contributed by atoms with van der Waals surface area (Å²) in [5, 5.41) is 0. The molecule has 0 aliphatic rings. The highest BCUT2D eigenvalue weighted by Crippen LogP contribution is 2.25. The molecule has 0 saturated heterocycles. The molecule has 98 valence electrons. The lowest BCUT2D eigenvalue weighted by Crippen LogP contribution is -2.05. The van der Waals surface area contributed by atoms with Crippen molar-refractivity contribution in [2.45, 2.75) is 13.3 Å². The third kappa shape index (κ3) is 3.16. The number of rotatable bonds is 3. The fourth-order valence-electron chi connectivity index (χ4n) is 1.63. The summed E-state index contributed by atoms with van der Waals surface area (Å²) in [5.41, 5.74) is 0.892. The van der Waals surface area contributed by atoms with Gasteiger partial charge in [-0.1, -0.05) is 19.1 Å². The van der Waals surface area contributed by atoms with Crippen LogP contribution in [0.15, 0.2) is 42.5 Å². The number of halogens is 2. The van der Waals surface area contributed by atoms with Gasteiger partial charge in [0.15, 0.2) is 0 Å². The summed E-state index contributed by atoms with van der Waals surface area (Å²) in [7, 11) is 0. The first-order valence-electron chi connectivity index (χ1n) is 5.86. The van der Waals surface area contributed by atoms with Crippen LogP contribution in [0, 0.1) is 11.6 Å². The Morgan fingerprint density at radius 3 is 2.37 bits per heavy atom. The predicted octanol–water partition coefficient (Wildman–Crippen LogP) is 3.95. The summed E-state index contributed by atoms with van der Waals surface area (Å²) in [6.45, 7) is 1.70. The van der Waals surface area contributed by atoms with E-state index in [9.17, 15) is 13.6 Å². The number of ether oxygens (including phenoxy) is 1. The first-order chi connectivity index (χ1) is 9.10. The second kappa shape index (κ2) is 5.61. The van der Waals surface area contributed by atoms with Crippen LogP contribution in [0.2, 0.25) is 0 Å². The molecule has 0 atom stereocenters. The minimum atomic E-state index is -0.627. The summed E-state index contributed by atoms with van der Waals surface area (Å²) in [5.74, 6) is -1.17. The maximum Gasteiger partial charge on any atom is 0.310 e. The van der Waals surface area contributed by atoms with E-state index < -0.39 is 11.6 Å². The van der Waals surface area contributed by atoms with Crippen molar-refractivity contribution in [1.29, 1.82) is 0 Å². The van der Waals surface area contributed by atoms with Gasteiger partial charge in [-0.25, -0.2) is 8.78 Å². The van der Waals surface area contributed by atoms with Gasteiger partial charge in [0.25, 0.3) is 0 Å². The van der Waals surface area contributed by atoms with Crippen LogP contribution in [-0.2, 0) is 4.79 Å². The molecule has 0 N–H and O–H groups in total. The summed E-state index contributed by atoms with van der Waals surface area (Å²) in [6, 6.07) is 9.79. The molecule has 0 unspecified atom stereocenters. The van der Waals surface area contributed by atoms with Gasteiger partial charge >= 0.3 is 5.97 Å². The van der Waals surface area contributed by atoms with Crippen molar-refractivity contribution < 1.29 is 18.3 Å². The predicted molar refractivity (Wildman–Crippen MR) is 67.7 cm³/mol. The van der Waals surface area contributed by atoms with E-state index in [4.69, 9.17) is 4.74 Å². The summed E-state index contributed by atoms with van der Waals surface area (Å²) < 4.78 is 31.4. The summed E-state index contributed by atoms with van der Waals surface area (Å²) in [6.07, 6.45) is 0.286. The number of benzene rings is 2. The lowest BCUT2D eigenvalue weighted by atomic mass is 10.1. The van der Waals surface area contributed by atoms with E-state index in [1.54, 1.807) is 31.2 Å². The minimum absolute atomic E-state index is 0.286. The Bertz CT molecular complexity index is 592. The van der Waals surface area contributed by atoms with Gasteiger partial charge in [0, 0.05) is 18.1 Å². The zero-order chi connectivity index (χ0) is 13.8. The Balaban J connectivity index is 2.25. The van der Waals surface area contributed by atoms with E-state index in [-0.39, 0.29) is 12.4 Å². The third-order valence-electron chi connectivity index (χ3n) is 2.62. The van der Waals surface area contributed by atoms with Gasteiger partial charge in [0.05, 0.1) is 0 Å². The van der Waals surface area contributed by atoms with Crippen molar-refractivity contribution >= 4 is 5.97 Å². The molecule has 0 aromatic heterocycles. The van der Waals surface area contributed by atoms with Gasteiger partial charge in [-0.15, -0.1) is 0 Å². The molecule has 2 rings (SSSR count). The Morgan fingerprint density at radius 1 is 1.11 bits per heavy atom. The fourth-order valence-corrected chi connectivity index (χ4v) is 1.63. The van der Waals surface area contributed by atoms with Crippen molar-refractivity contribution in [3.8, 4) is 16.9 Å². The molecule has 2 aromatic carbocycles. The lowest BCUT2D eigenvalue weighted by Gasteiger charge is -2.06. The number of esters is 1. The fraction of sp³-hybridized carbons (Fsp3) is 0.133. The van der Waals surface area contributed by atoms with Crippen LogP contribution in [0.3, 0.4) is 0 Å². The molecule has 0 aliphatic carbocycles. The van der Waals surface area contributed by atoms with Crippen molar-refractivity contribution in [1.82, 2.24) is 0 Å². The van der Waals surface area contributed by atoms with Crippen LogP contribution in [-0.4, -0.2) is 5.97 Å². The zero-order valence-corrected chi connectivity index (χ0v) is 10.3. The molecule has 0 spiro atoms. The molecule has 2 nitrogen and oxygen atoms in total. The first-order valence-corrected chi connectivity index (χ1v) is 5.86. The van der Waals surface area contributed by atoms with E-state index in [0.29, 0.717) is 16.9 Å². The van der Waals surface area contributed by atoms with Gasteiger partial charge in [0.1, 0.15) is 17.4 Å². The molecular formula is C15H12F2O2. The molecule has 0 radical (unpaired) electrons. The molecule has 0 heterocycles. The molecular weight excluding hydrogens is 250 g/mol. The molecule has 0 fully saturated rings. The SMILES string of the molecule is CCC(=O)Oc1ccc(-c2ccc(F)cc2F)cc1. The molecule has 0 bridgehead atoms. The number of carbonyl (C=O) groups excluding carboxylic acids is 1. The smallest absolute Gasteiger partial charge is 0.310 e. The van der Waals surface area contributed by atoms with Crippen molar-refractivity contribution in [3.63, 3.8) is 0 Å². The van der Waals surface area contributed by atoms with E-state index in [1.165, 1.54) is 12.1 Å². The van der Waals surface area contributed by atoms with Gasteiger partial charge in [-0.3, -0.25) is 4.79 Å². The van der Waals surface area contributed by atoms with E-state index in [1.807, 2.05) is 0 Å². The first kappa shape index (κ1) is 13.2. The maximum atomic E-state index is 13.6. The second-order valence-corrected chi connectivity index (χ2v) is 3.98. The van der Waals surface area contributed by atoms with Crippen LogP contribution in [0.4, 0.5) is 8.78 Å². The Labute approximate surface area is 109 Å². The lowest BCUT2D eigenvalue weighted by molar-refractivity contribution is -0.134. The normalized spacial score (nSPS) is 10.3. The number of carbonyl (C=O) groups is 1. The summed E-state index contributed by atoms with van der Waals surface area (Å²) >= 11 is 0. The maximum absolute atomic E-state index is 13.6. The number of hydrogen-bond donors (Lipinski definition) is 0. The third-order valence-corrected chi connectivity index (χ3v) is 2.62. The highest BCUT2D eigenvalue weighted by atomic mass is 19.1. The van der Waals surface area contributed by atoms with Crippen LogP contribution >= 0.6 is 0 Å². The zero-order valence-electron chi connectivity index (χ0n) is 10.3. The molecule has 2 aromatic rings. The van der Waals surface area contributed by atoms with Gasteiger partial charge in [-0.05, 0) is 29.8 Å². The minimum Gasteiger partial charge on any atom is -0.427 e. The largest absolute Gasteiger partial charge is 0.427 e. The molecule has 0 aliphatic heterocycles. The average Bonchev–Trinajstić information content (AvgIpc) is 2.40. The Kier molecular flexibility index (Phi) is 3.90. The average molecular weight is 262 g/mol. The Hall–Kier alpha value is -2.23. The van der Waals surface area contributed by atoms with Crippen molar-refractivity contribution in [3.05, 3.63) is 54.1 Å². The second-order valence-electron chi connectivity index (χ2n) is 3.98. The quantitative estimate of drug-likeness (QED) is 0.618. The van der Waals surface area contributed by atoms with E-state index in [0.717, 1.165) is 6.07 Å². The molecule has 4 heteroatoms. The molecule has 0 amide bonds. The highest BCUT2D eigenvalue weighted by molar-refractivity contribution is 5.72. The summed E-state index contributed by atoms with van der Waals surface area (Å²) in [4.78, 5) is 11.1. The van der Waals surface area contributed by atoms with Gasteiger partial charge in [0.2, 0.25) is 0 Å². The Morgan fingerprint density at radius 2 is 1.79 bits per heavy atom. The van der Waals surface area contributed by atoms with Crippen molar-refractivity contribution in [2.75, 3.05) is 0 Å². The van der Waals surface area contributed by atoms with Crippen LogP contribution in [0.1, 0.15) is 13.3 Å². The van der Waals surface area contributed by atoms with Gasteiger partial charge in [-0.2, -0.15) is 0 Å². The van der Waals surface area contributed by atoms with E-state index >= 15 is 0 Å². The monoisotopic (exact) mass is 262 g/mol.